The highest BCUT2D eigenvalue weighted by Gasteiger charge is 2.10. The normalized spacial score (nSPS) is 10.7. The third-order valence-electron chi connectivity index (χ3n) is 3.31. The summed E-state index contributed by atoms with van der Waals surface area (Å²) in [6.45, 7) is 4.34. The maximum absolute atomic E-state index is 12.1. The molecule has 6 heteroatoms. The maximum Gasteiger partial charge on any atom is 0.271 e. The standard InChI is InChI=1S/C18H19IN2O3/c1-4-24-16-10-13(9-15(19)17(16)23-3)11-20-21-18(22)14-8-6-5-7-12(14)2/h5-11H,4H2,1-3H3,(H,21,22)/b20-11-. The molecule has 2 rings (SSSR count). The van der Waals surface area contributed by atoms with Crippen LogP contribution < -0.4 is 14.9 Å². The molecular weight excluding hydrogens is 419 g/mol. The van der Waals surface area contributed by atoms with E-state index in [2.05, 4.69) is 33.1 Å². The van der Waals surface area contributed by atoms with Crippen LogP contribution in [0.3, 0.4) is 0 Å². The van der Waals surface area contributed by atoms with Crippen LogP contribution in [0.5, 0.6) is 11.5 Å². The number of ether oxygens (including phenoxy) is 2. The van der Waals surface area contributed by atoms with E-state index in [9.17, 15) is 4.79 Å². The summed E-state index contributed by atoms with van der Waals surface area (Å²) in [5, 5.41) is 4.03. The number of carbonyl (C=O) groups is 1. The van der Waals surface area contributed by atoms with Crippen molar-refractivity contribution in [2.24, 2.45) is 5.10 Å². The summed E-state index contributed by atoms with van der Waals surface area (Å²) in [5.41, 5.74) is 4.87. The average Bonchev–Trinajstić information content (AvgIpc) is 2.55. The van der Waals surface area contributed by atoms with Gasteiger partial charge in [-0.3, -0.25) is 4.79 Å². The van der Waals surface area contributed by atoms with E-state index in [0.717, 1.165) is 14.7 Å². The summed E-state index contributed by atoms with van der Waals surface area (Å²) < 4.78 is 11.8. The average molecular weight is 438 g/mol. The first-order chi connectivity index (χ1) is 11.6. The van der Waals surface area contributed by atoms with Crippen LogP contribution in [-0.4, -0.2) is 25.8 Å². The number of carbonyl (C=O) groups excluding carboxylic acids is 1. The lowest BCUT2D eigenvalue weighted by molar-refractivity contribution is 0.0954. The number of aryl methyl sites for hydroxylation is 1. The molecule has 5 nitrogen and oxygen atoms in total. The zero-order valence-corrected chi connectivity index (χ0v) is 16.0. The molecule has 0 aliphatic rings. The number of benzene rings is 2. The molecule has 0 unspecified atom stereocenters. The second-order valence-electron chi connectivity index (χ2n) is 4.98. The predicted octanol–water partition coefficient (Wildman–Crippen LogP) is 3.77. The van der Waals surface area contributed by atoms with Crippen molar-refractivity contribution >= 4 is 34.7 Å². The molecule has 0 fully saturated rings. The Bertz CT molecular complexity index is 760. The molecule has 0 aromatic heterocycles. The van der Waals surface area contributed by atoms with Crippen molar-refractivity contribution in [2.45, 2.75) is 13.8 Å². The molecule has 24 heavy (non-hydrogen) atoms. The SMILES string of the molecule is CCOc1cc(/C=N\NC(=O)c2ccccc2C)cc(I)c1OC. The zero-order chi connectivity index (χ0) is 17.5. The smallest absolute Gasteiger partial charge is 0.271 e. The van der Waals surface area contributed by atoms with Crippen molar-refractivity contribution < 1.29 is 14.3 Å². The van der Waals surface area contributed by atoms with Crippen LogP contribution in [0.15, 0.2) is 41.5 Å². The molecular formula is C18H19IN2O3. The summed E-state index contributed by atoms with van der Waals surface area (Å²) in [6, 6.07) is 11.1. The number of rotatable bonds is 6. The molecule has 2 aromatic rings. The summed E-state index contributed by atoms with van der Waals surface area (Å²) in [7, 11) is 1.61. The molecule has 1 amide bonds. The third kappa shape index (κ3) is 4.47. The number of nitrogens with one attached hydrogen (secondary N) is 1. The van der Waals surface area contributed by atoms with E-state index in [4.69, 9.17) is 9.47 Å². The van der Waals surface area contributed by atoms with Crippen molar-refractivity contribution in [1.82, 2.24) is 5.43 Å². The molecule has 0 aliphatic heterocycles. The van der Waals surface area contributed by atoms with Gasteiger partial charge in [-0.05, 0) is 65.8 Å². The Hall–Kier alpha value is -2.09. The minimum absolute atomic E-state index is 0.238. The van der Waals surface area contributed by atoms with Gasteiger partial charge in [-0.2, -0.15) is 5.10 Å². The van der Waals surface area contributed by atoms with Gasteiger partial charge in [0, 0.05) is 5.56 Å². The Morgan fingerprint density at radius 3 is 2.75 bits per heavy atom. The maximum atomic E-state index is 12.1. The predicted molar refractivity (Wildman–Crippen MR) is 103 cm³/mol. The van der Waals surface area contributed by atoms with Crippen LogP contribution in [0, 0.1) is 10.5 Å². The Balaban J connectivity index is 2.14. The monoisotopic (exact) mass is 438 g/mol. The van der Waals surface area contributed by atoms with Crippen LogP contribution in [0.25, 0.3) is 0 Å². The Morgan fingerprint density at radius 2 is 2.08 bits per heavy atom. The van der Waals surface area contributed by atoms with Gasteiger partial charge in [0.05, 0.1) is 23.5 Å². The largest absolute Gasteiger partial charge is 0.492 e. The van der Waals surface area contributed by atoms with Crippen molar-refractivity contribution in [3.8, 4) is 11.5 Å². The Labute approximate surface area is 155 Å². The number of hydrazone groups is 1. The van der Waals surface area contributed by atoms with Crippen molar-refractivity contribution in [1.29, 1.82) is 0 Å². The molecule has 0 bridgehead atoms. The number of nitrogens with zero attached hydrogens (tertiary/aromatic N) is 1. The second kappa shape index (κ2) is 8.68. The minimum atomic E-state index is -0.238. The summed E-state index contributed by atoms with van der Waals surface area (Å²) >= 11 is 2.18. The van der Waals surface area contributed by atoms with Crippen molar-refractivity contribution in [2.75, 3.05) is 13.7 Å². The lowest BCUT2D eigenvalue weighted by Gasteiger charge is -2.11. The first kappa shape index (κ1) is 18.3. The number of hydrogen-bond donors (Lipinski definition) is 1. The van der Waals surface area contributed by atoms with E-state index in [1.165, 1.54) is 0 Å². The van der Waals surface area contributed by atoms with Crippen LogP contribution in [0.4, 0.5) is 0 Å². The van der Waals surface area contributed by atoms with Crippen LogP contribution in [-0.2, 0) is 0 Å². The molecule has 1 N–H and O–H groups in total. The second-order valence-corrected chi connectivity index (χ2v) is 6.14. The molecule has 2 aromatic carbocycles. The lowest BCUT2D eigenvalue weighted by Crippen LogP contribution is -2.18. The molecule has 0 heterocycles. The van der Waals surface area contributed by atoms with Crippen LogP contribution in [0.1, 0.15) is 28.4 Å². The fourth-order valence-corrected chi connectivity index (χ4v) is 3.02. The molecule has 0 saturated carbocycles. The van der Waals surface area contributed by atoms with Gasteiger partial charge in [0.15, 0.2) is 11.5 Å². The van der Waals surface area contributed by atoms with E-state index in [1.807, 2.05) is 44.2 Å². The van der Waals surface area contributed by atoms with Gasteiger partial charge in [-0.25, -0.2) is 5.43 Å². The van der Waals surface area contributed by atoms with E-state index < -0.39 is 0 Å². The van der Waals surface area contributed by atoms with Crippen molar-refractivity contribution in [3.05, 3.63) is 56.7 Å². The van der Waals surface area contributed by atoms with Gasteiger partial charge in [0.25, 0.3) is 5.91 Å². The zero-order valence-electron chi connectivity index (χ0n) is 13.8. The Morgan fingerprint density at radius 1 is 1.33 bits per heavy atom. The van der Waals surface area contributed by atoms with Gasteiger partial charge < -0.3 is 9.47 Å². The fraction of sp³-hybridized carbons (Fsp3) is 0.222. The fourth-order valence-electron chi connectivity index (χ4n) is 2.18. The van der Waals surface area contributed by atoms with Crippen molar-refractivity contribution in [3.63, 3.8) is 0 Å². The summed E-state index contributed by atoms with van der Waals surface area (Å²) in [6.07, 6.45) is 1.58. The minimum Gasteiger partial charge on any atom is -0.492 e. The quantitative estimate of drug-likeness (QED) is 0.425. The molecule has 0 saturated heterocycles. The van der Waals surface area contributed by atoms with Crippen LogP contribution >= 0.6 is 22.6 Å². The topological polar surface area (TPSA) is 59.9 Å². The van der Waals surface area contributed by atoms with E-state index in [-0.39, 0.29) is 5.91 Å². The highest BCUT2D eigenvalue weighted by Crippen LogP contribution is 2.33. The number of amides is 1. The Kier molecular flexibility index (Phi) is 6.60. The lowest BCUT2D eigenvalue weighted by atomic mass is 10.1. The van der Waals surface area contributed by atoms with Gasteiger partial charge >= 0.3 is 0 Å². The van der Waals surface area contributed by atoms with Gasteiger partial charge in [0.1, 0.15) is 0 Å². The molecule has 0 aliphatic carbocycles. The first-order valence-electron chi connectivity index (χ1n) is 7.46. The highest BCUT2D eigenvalue weighted by molar-refractivity contribution is 14.1. The van der Waals surface area contributed by atoms with Gasteiger partial charge in [-0.1, -0.05) is 18.2 Å². The molecule has 0 spiro atoms. The molecule has 0 atom stereocenters. The molecule has 126 valence electrons. The third-order valence-corrected chi connectivity index (χ3v) is 4.11. The number of methoxy groups -OCH3 is 1. The van der Waals surface area contributed by atoms with E-state index in [0.29, 0.717) is 23.7 Å². The first-order valence-corrected chi connectivity index (χ1v) is 8.54. The summed E-state index contributed by atoms with van der Waals surface area (Å²) in [5.74, 6) is 1.11. The van der Waals surface area contributed by atoms with E-state index >= 15 is 0 Å². The van der Waals surface area contributed by atoms with Gasteiger partial charge in [0.2, 0.25) is 0 Å². The number of hydrogen-bond acceptors (Lipinski definition) is 4. The summed E-state index contributed by atoms with van der Waals surface area (Å²) in [4.78, 5) is 12.1. The van der Waals surface area contributed by atoms with E-state index in [1.54, 1.807) is 19.4 Å². The highest BCUT2D eigenvalue weighted by atomic mass is 127. The van der Waals surface area contributed by atoms with Gasteiger partial charge in [-0.15, -0.1) is 0 Å². The number of halogens is 1. The van der Waals surface area contributed by atoms with Crippen LogP contribution in [0.2, 0.25) is 0 Å². The molecule has 0 radical (unpaired) electrons.